The lowest BCUT2D eigenvalue weighted by atomic mass is 10.0. The van der Waals surface area contributed by atoms with Gasteiger partial charge in [-0.1, -0.05) is 29.3 Å². The number of carbonyl (C=O) groups is 1. The molecule has 6 rings (SSSR count). The normalized spacial score (nSPS) is 20.9. The van der Waals surface area contributed by atoms with Gasteiger partial charge in [-0.25, -0.2) is 9.88 Å². The second-order valence-corrected chi connectivity index (χ2v) is 11.6. The van der Waals surface area contributed by atoms with Gasteiger partial charge in [-0.3, -0.25) is 19.6 Å². The topological polar surface area (TPSA) is 80.2 Å². The highest BCUT2D eigenvalue weighted by molar-refractivity contribution is 6.43. The summed E-state index contributed by atoms with van der Waals surface area (Å²) in [7, 11) is 2.20. The SMILES string of the molecule is Cc1cc(Nc2ncc3c(n2)N2CCN=C2N(c2c(Cl)cccc2Cl)C3=O)cc(C)c1N1C[C@@H](C)N(C)[C@@H](C)C1. The first kappa shape index (κ1) is 26.8. The number of guanidine groups is 1. The number of halogens is 2. The van der Waals surface area contributed by atoms with Crippen LogP contribution in [0.2, 0.25) is 10.0 Å². The van der Waals surface area contributed by atoms with Crippen molar-refractivity contribution in [1.82, 2.24) is 14.9 Å². The average Bonchev–Trinajstić information content (AvgIpc) is 3.38. The van der Waals surface area contributed by atoms with Gasteiger partial charge in [0.25, 0.3) is 5.91 Å². The highest BCUT2D eigenvalue weighted by Crippen LogP contribution is 2.40. The monoisotopic (exact) mass is 578 g/mol. The van der Waals surface area contributed by atoms with E-state index in [1.54, 1.807) is 24.4 Å². The number of likely N-dealkylation sites (N-methyl/N-ethyl adjacent to an activating group) is 1. The van der Waals surface area contributed by atoms with E-state index in [2.05, 4.69) is 72.0 Å². The summed E-state index contributed by atoms with van der Waals surface area (Å²) in [4.78, 5) is 35.9. The van der Waals surface area contributed by atoms with Gasteiger partial charge in [0.05, 0.1) is 22.3 Å². The van der Waals surface area contributed by atoms with Crippen LogP contribution in [0.25, 0.3) is 0 Å². The Bertz CT molecular complexity index is 1490. The highest BCUT2D eigenvalue weighted by Gasteiger charge is 2.41. The van der Waals surface area contributed by atoms with Crippen molar-refractivity contribution in [2.75, 3.05) is 53.2 Å². The van der Waals surface area contributed by atoms with E-state index in [9.17, 15) is 4.79 Å². The van der Waals surface area contributed by atoms with Gasteiger partial charge in [0.2, 0.25) is 11.9 Å². The summed E-state index contributed by atoms with van der Waals surface area (Å²) < 4.78 is 0. The van der Waals surface area contributed by atoms with Crippen molar-refractivity contribution in [2.45, 2.75) is 39.8 Å². The first-order valence-corrected chi connectivity index (χ1v) is 14.2. The van der Waals surface area contributed by atoms with Crippen molar-refractivity contribution in [3.05, 3.63) is 63.3 Å². The Morgan fingerprint density at radius 1 is 1.00 bits per heavy atom. The average molecular weight is 580 g/mol. The van der Waals surface area contributed by atoms with Crippen molar-refractivity contribution >= 4 is 63.9 Å². The van der Waals surface area contributed by atoms with E-state index in [4.69, 9.17) is 28.2 Å². The Morgan fingerprint density at radius 3 is 2.30 bits per heavy atom. The van der Waals surface area contributed by atoms with Crippen molar-refractivity contribution in [3.63, 3.8) is 0 Å². The summed E-state index contributed by atoms with van der Waals surface area (Å²) in [6.07, 6.45) is 1.56. The van der Waals surface area contributed by atoms with Crippen LogP contribution >= 0.6 is 23.2 Å². The summed E-state index contributed by atoms with van der Waals surface area (Å²) in [6.45, 7) is 11.9. The van der Waals surface area contributed by atoms with Gasteiger partial charge in [-0.05, 0) is 70.1 Å². The van der Waals surface area contributed by atoms with E-state index < -0.39 is 0 Å². The summed E-state index contributed by atoms with van der Waals surface area (Å²) in [6, 6.07) is 10.4. The Balaban J connectivity index is 1.30. The number of nitrogens with zero attached hydrogens (tertiary/aromatic N) is 7. The van der Waals surface area contributed by atoms with E-state index in [1.807, 2.05) is 4.90 Å². The lowest BCUT2D eigenvalue weighted by Gasteiger charge is -2.44. The molecule has 3 aromatic rings. The van der Waals surface area contributed by atoms with Crippen LogP contribution in [-0.2, 0) is 0 Å². The predicted molar refractivity (Wildman–Crippen MR) is 163 cm³/mol. The van der Waals surface area contributed by atoms with Crippen LogP contribution in [0.1, 0.15) is 35.3 Å². The first-order valence-electron chi connectivity index (χ1n) is 13.5. The minimum absolute atomic E-state index is 0.319. The molecule has 0 aliphatic carbocycles. The molecule has 3 aliphatic heterocycles. The molecule has 3 aliphatic rings. The Hall–Kier alpha value is -3.40. The van der Waals surface area contributed by atoms with Crippen LogP contribution in [0.4, 0.5) is 28.8 Å². The fourth-order valence-corrected chi connectivity index (χ4v) is 6.54. The van der Waals surface area contributed by atoms with Gasteiger partial charge < -0.3 is 10.2 Å². The van der Waals surface area contributed by atoms with Crippen LogP contribution < -0.4 is 20.0 Å². The molecule has 208 valence electrons. The number of amides is 1. The second kappa shape index (κ2) is 10.2. The molecule has 0 radical (unpaired) electrons. The molecular formula is C29H32Cl2N8O. The number of aryl methyl sites for hydroxylation is 2. The van der Waals surface area contributed by atoms with E-state index in [0.717, 1.165) is 18.8 Å². The molecule has 40 heavy (non-hydrogen) atoms. The van der Waals surface area contributed by atoms with E-state index >= 15 is 0 Å². The maximum absolute atomic E-state index is 13.7. The number of aliphatic imine (C=N–C) groups is 1. The van der Waals surface area contributed by atoms with Crippen molar-refractivity contribution in [3.8, 4) is 0 Å². The molecule has 11 heteroatoms. The maximum Gasteiger partial charge on any atom is 0.270 e. The maximum atomic E-state index is 13.7. The first-order chi connectivity index (χ1) is 19.1. The number of piperazine rings is 1. The minimum atomic E-state index is -0.319. The lowest BCUT2D eigenvalue weighted by molar-refractivity contribution is 0.1000. The van der Waals surface area contributed by atoms with Gasteiger partial charge in [0.15, 0.2) is 5.82 Å². The Labute approximate surface area is 244 Å². The Kier molecular flexibility index (Phi) is 6.84. The summed E-state index contributed by atoms with van der Waals surface area (Å²) in [5.41, 5.74) is 5.34. The fraction of sp³-hybridized carbons (Fsp3) is 0.379. The molecule has 1 amide bonds. The quantitative estimate of drug-likeness (QED) is 0.437. The number of nitrogens with one attached hydrogen (secondary N) is 1. The third kappa shape index (κ3) is 4.46. The van der Waals surface area contributed by atoms with Crippen LogP contribution in [0.3, 0.4) is 0 Å². The third-order valence-electron chi connectivity index (χ3n) is 8.06. The van der Waals surface area contributed by atoms with Crippen LogP contribution in [-0.4, -0.2) is 72.0 Å². The standard InChI is InChI=1S/C29H32Cl2N8O/c1-16-11-20(12-17(2)24(16)37-14-18(3)36(5)19(4)15-37)34-28-33-13-21-26(35-28)38-10-9-32-29(38)39(27(21)40)25-22(30)7-6-8-23(25)31/h6-8,11-13,18-19H,9-10,14-15H2,1-5H3,(H,33,34,35)/t18-,19+. The van der Waals surface area contributed by atoms with Crippen molar-refractivity contribution in [1.29, 1.82) is 0 Å². The smallest absolute Gasteiger partial charge is 0.270 e. The van der Waals surface area contributed by atoms with Gasteiger partial charge in [-0.15, -0.1) is 0 Å². The molecule has 2 atom stereocenters. The van der Waals surface area contributed by atoms with E-state index in [-0.39, 0.29) is 5.91 Å². The zero-order valence-corrected chi connectivity index (χ0v) is 24.8. The second-order valence-electron chi connectivity index (χ2n) is 10.8. The largest absolute Gasteiger partial charge is 0.368 e. The number of rotatable bonds is 4. The lowest BCUT2D eigenvalue weighted by Crippen LogP contribution is -2.55. The summed E-state index contributed by atoms with van der Waals surface area (Å²) in [5, 5.41) is 4.10. The number of benzene rings is 2. The number of fused-ring (bicyclic) bond motifs is 3. The number of hydrogen-bond acceptors (Lipinski definition) is 8. The summed E-state index contributed by atoms with van der Waals surface area (Å²) >= 11 is 12.9. The molecule has 1 N–H and O–H groups in total. The molecule has 0 bridgehead atoms. The number of para-hydroxylation sites is 1. The molecule has 0 unspecified atom stereocenters. The molecule has 0 saturated carbocycles. The molecule has 4 heterocycles. The van der Waals surface area contributed by atoms with Gasteiger partial charge in [0, 0.05) is 49.3 Å². The van der Waals surface area contributed by atoms with Gasteiger partial charge in [0.1, 0.15) is 5.56 Å². The van der Waals surface area contributed by atoms with Crippen molar-refractivity contribution < 1.29 is 4.79 Å². The van der Waals surface area contributed by atoms with Crippen LogP contribution in [0, 0.1) is 13.8 Å². The number of carbonyl (C=O) groups excluding carboxylic acids is 1. The van der Waals surface area contributed by atoms with E-state index in [1.165, 1.54) is 21.7 Å². The number of anilines is 5. The molecule has 0 spiro atoms. The minimum Gasteiger partial charge on any atom is -0.368 e. The van der Waals surface area contributed by atoms with Crippen LogP contribution in [0.5, 0.6) is 0 Å². The zero-order chi connectivity index (χ0) is 28.3. The van der Waals surface area contributed by atoms with Gasteiger partial charge in [-0.2, -0.15) is 4.98 Å². The van der Waals surface area contributed by atoms with Gasteiger partial charge >= 0.3 is 0 Å². The number of aromatic nitrogens is 2. The zero-order valence-electron chi connectivity index (χ0n) is 23.2. The Morgan fingerprint density at radius 2 is 1.65 bits per heavy atom. The molecule has 1 fully saturated rings. The highest BCUT2D eigenvalue weighted by atomic mass is 35.5. The third-order valence-corrected chi connectivity index (χ3v) is 8.67. The summed E-state index contributed by atoms with van der Waals surface area (Å²) in [5.74, 6) is 1.07. The van der Waals surface area contributed by atoms with E-state index in [0.29, 0.717) is 64.2 Å². The molecule has 1 aromatic heterocycles. The molecule has 2 aromatic carbocycles. The van der Waals surface area contributed by atoms with Crippen LogP contribution in [0.15, 0.2) is 41.5 Å². The predicted octanol–water partition coefficient (Wildman–Crippen LogP) is 5.51. The van der Waals surface area contributed by atoms with Crippen molar-refractivity contribution in [2.24, 2.45) is 4.99 Å². The fourth-order valence-electron chi connectivity index (χ4n) is 5.98. The number of hydrogen-bond donors (Lipinski definition) is 1. The molecular weight excluding hydrogens is 547 g/mol. The molecule has 9 nitrogen and oxygen atoms in total. The molecule has 1 saturated heterocycles.